The van der Waals surface area contributed by atoms with E-state index in [0.717, 1.165) is 35.4 Å². The van der Waals surface area contributed by atoms with Gasteiger partial charge in [-0.25, -0.2) is 19.2 Å². The van der Waals surface area contributed by atoms with Crippen molar-refractivity contribution < 1.29 is 48.3 Å². The fourth-order valence-electron chi connectivity index (χ4n) is 5.35. The first kappa shape index (κ1) is 38.8. The molecule has 0 heterocycles. The maximum absolute atomic E-state index is 11.3. The molecule has 5 rings (SSSR count). The molecule has 10 heteroatoms. The maximum Gasteiger partial charge on any atom is 0.330 e. The zero-order valence-electron chi connectivity index (χ0n) is 27.9. The van der Waals surface area contributed by atoms with Gasteiger partial charge in [0.05, 0.1) is 5.41 Å². The Labute approximate surface area is 296 Å². The molecule has 1 aliphatic carbocycles. The van der Waals surface area contributed by atoms with Gasteiger partial charge in [-0.05, 0) is 57.6 Å². The van der Waals surface area contributed by atoms with Gasteiger partial charge in [0.25, 0.3) is 0 Å². The van der Waals surface area contributed by atoms with E-state index in [1.807, 2.05) is 24.3 Å². The molecular formula is C41H38O10. The number of hydrogen-bond donors (Lipinski definition) is 2. The molecule has 51 heavy (non-hydrogen) atoms. The molecule has 10 nitrogen and oxygen atoms in total. The summed E-state index contributed by atoms with van der Waals surface area (Å²) < 4.78 is 21.6. The van der Waals surface area contributed by atoms with Crippen LogP contribution < -0.4 is 9.47 Å². The Morgan fingerprint density at radius 3 is 1.16 bits per heavy atom. The highest BCUT2D eigenvalue weighted by Gasteiger charge is 2.45. The van der Waals surface area contributed by atoms with Crippen molar-refractivity contribution in [1.82, 2.24) is 0 Å². The number of carbonyl (C=O) groups is 4. The lowest BCUT2D eigenvalue weighted by atomic mass is 9.68. The molecule has 4 aromatic carbocycles. The second-order valence-corrected chi connectivity index (χ2v) is 10.4. The molecular weight excluding hydrogens is 652 g/mol. The molecule has 262 valence electrons. The number of benzene rings is 4. The first-order valence-corrected chi connectivity index (χ1v) is 15.6. The van der Waals surface area contributed by atoms with E-state index in [-0.39, 0.29) is 26.4 Å². The van der Waals surface area contributed by atoms with E-state index in [4.69, 9.17) is 29.2 Å². The van der Waals surface area contributed by atoms with Gasteiger partial charge >= 0.3 is 23.9 Å². The standard InChI is InChI=1S/C35H30O6.2C3H4O2/c1-3-33(36)40-23-21-38-27-17-13-25(14-18-27)35(26-15-19-28(20-16-26)39-22-24-41-34(37)4-2)31-11-7-5-9-29(31)30-10-6-8-12-32(30)35;2*1-2-3(4)5/h3-20H,1-2,21-24H2;2*2H,1H2,(H,4,5). The van der Waals surface area contributed by atoms with Crippen LogP contribution in [0.2, 0.25) is 0 Å². The summed E-state index contributed by atoms with van der Waals surface area (Å²) in [6.07, 6.45) is 3.93. The Kier molecular flexibility index (Phi) is 14.7. The number of carboxylic acid groups (broad SMARTS) is 2. The van der Waals surface area contributed by atoms with E-state index >= 15 is 0 Å². The van der Waals surface area contributed by atoms with Crippen molar-refractivity contribution >= 4 is 23.9 Å². The first-order valence-electron chi connectivity index (χ1n) is 15.6. The number of fused-ring (bicyclic) bond motifs is 3. The van der Waals surface area contributed by atoms with Crippen molar-refractivity contribution in [3.05, 3.63) is 170 Å². The van der Waals surface area contributed by atoms with Crippen molar-refractivity contribution in [3.8, 4) is 22.6 Å². The quantitative estimate of drug-likeness (QED) is 0.0727. The van der Waals surface area contributed by atoms with Crippen LogP contribution in [-0.4, -0.2) is 60.5 Å². The van der Waals surface area contributed by atoms with Crippen LogP contribution in [0.15, 0.2) is 148 Å². The van der Waals surface area contributed by atoms with Gasteiger partial charge in [0.1, 0.15) is 37.9 Å². The van der Waals surface area contributed by atoms with Gasteiger partial charge in [-0.1, -0.05) is 99.1 Å². The third-order valence-electron chi connectivity index (χ3n) is 7.40. The van der Waals surface area contributed by atoms with E-state index in [2.05, 4.69) is 99.1 Å². The highest BCUT2D eigenvalue weighted by Crippen LogP contribution is 2.56. The highest BCUT2D eigenvalue weighted by molar-refractivity contribution is 5.86. The maximum atomic E-state index is 11.3. The van der Waals surface area contributed by atoms with Crippen LogP contribution in [0, 0.1) is 0 Å². The lowest BCUT2D eigenvalue weighted by Gasteiger charge is -2.34. The van der Waals surface area contributed by atoms with Gasteiger partial charge < -0.3 is 29.2 Å². The fraction of sp³-hybridized carbons (Fsp3) is 0.122. The molecule has 2 N–H and O–H groups in total. The van der Waals surface area contributed by atoms with Crippen molar-refractivity contribution in [1.29, 1.82) is 0 Å². The summed E-state index contributed by atoms with van der Waals surface area (Å²) >= 11 is 0. The zero-order chi connectivity index (χ0) is 37.2. The SMILES string of the molecule is C=CC(=O)O.C=CC(=O)O.C=CC(=O)OCCOc1ccc(C2(c3ccc(OCCOC(=O)C=C)cc3)c3ccccc3-c3ccccc32)cc1. The predicted octanol–water partition coefficient (Wildman–Crippen LogP) is 6.78. The number of carboxylic acids is 2. The van der Waals surface area contributed by atoms with Crippen LogP contribution in [0.25, 0.3) is 11.1 Å². The highest BCUT2D eigenvalue weighted by atomic mass is 16.6. The van der Waals surface area contributed by atoms with Gasteiger partial charge in [0.15, 0.2) is 0 Å². The minimum atomic E-state index is -0.981. The van der Waals surface area contributed by atoms with E-state index < -0.39 is 29.3 Å². The number of ether oxygens (including phenoxy) is 4. The number of carbonyl (C=O) groups excluding carboxylic acids is 2. The molecule has 0 saturated carbocycles. The number of esters is 2. The van der Waals surface area contributed by atoms with Gasteiger partial charge in [0.2, 0.25) is 0 Å². The topological polar surface area (TPSA) is 146 Å². The lowest BCUT2D eigenvalue weighted by molar-refractivity contribution is -0.139. The minimum Gasteiger partial charge on any atom is -0.490 e. The predicted molar refractivity (Wildman–Crippen MR) is 193 cm³/mol. The molecule has 0 aromatic heterocycles. The van der Waals surface area contributed by atoms with E-state index in [1.165, 1.54) is 22.3 Å². The molecule has 0 spiro atoms. The summed E-state index contributed by atoms with van der Waals surface area (Å²) in [6, 6.07) is 33.1. The smallest absolute Gasteiger partial charge is 0.330 e. The van der Waals surface area contributed by atoms with Crippen LogP contribution in [0.5, 0.6) is 11.5 Å². The van der Waals surface area contributed by atoms with Crippen LogP contribution in [0.1, 0.15) is 22.3 Å². The molecule has 0 unspecified atom stereocenters. The molecule has 0 radical (unpaired) electrons. The number of hydrogen-bond acceptors (Lipinski definition) is 8. The molecule has 0 aliphatic heterocycles. The van der Waals surface area contributed by atoms with Crippen LogP contribution in [0.4, 0.5) is 0 Å². The first-order chi connectivity index (χ1) is 24.6. The molecule has 0 bridgehead atoms. The second-order valence-electron chi connectivity index (χ2n) is 10.4. The summed E-state index contributed by atoms with van der Waals surface area (Å²) in [5.41, 5.74) is 6.38. The Hall–Kier alpha value is -6.68. The Balaban J connectivity index is 0.000000619. The van der Waals surface area contributed by atoms with Gasteiger partial charge in [0, 0.05) is 24.3 Å². The summed E-state index contributed by atoms with van der Waals surface area (Å²) in [7, 11) is 0. The molecule has 0 saturated heterocycles. The van der Waals surface area contributed by atoms with Crippen molar-refractivity contribution in [2.24, 2.45) is 0 Å². The molecule has 4 aromatic rings. The van der Waals surface area contributed by atoms with Crippen molar-refractivity contribution in [2.45, 2.75) is 5.41 Å². The number of aliphatic carboxylic acids is 2. The monoisotopic (exact) mass is 690 g/mol. The van der Waals surface area contributed by atoms with Gasteiger partial charge in [-0.3, -0.25) is 0 Å². The Morgan fingerprint density at radius 1 is 0.510 bits per heavy atom. The number of rotatable bonds is 14. The lowest BCUT2D eigenvalue weighted by Crippen LogP contribution is -2.28. The van der Waals surface area contributed by atoms with Crippen molar-refractivity contribution in [2.75, 3.05) is 26.4 Å². The van der Waals surface area contributed by atoms with Crippen molar-refractivity contribution in [3.63, 3.8) is 0 Å². The molecule has 0 atom stereocenters. The fourth-order valence-corrected chi connectivity index (χ4v) is 5.35. The summed E-state index contributed by atoms with van der Waals surface area (Å²) in [5, 5.41) is 15.2. The van der Waals surface area contributed by atoms with Gasteiger partial charge in [-0.15, -0.1) is 0 Å². The van der Waals surface area contributed by atoms with E-state index in [9.17, 15) is 19.2 Å². The summed E-state index contributed by atoms with van der Waals surface area (Å²) in [6.45, 7) is 13.5. The Morgan fingerprint density at radius 2 is 0.843 bits per heavy atom. The summed E-state index contributed by atoms with van der Waals surface area (Å²) in [4.78, 5) is 41.1. The van der Waals surface area contributed by atoms with E-state index in [1.54, 1.807) is 0 Å². The minimum absolute atomic E-state index is 0.141. The average molecular weight is 691 g/mol. The molecule has 0 amide bonds. The Bertz CT molecular complexity index is 1720. The third kappa shape index (κ3) is 10.2. The van der Waals surface area contributed by atoms with E-state index in [0.29, 0.717) is 11.5 Å². The second kappa shape index (κ2) is 19.4. The van der Waals surface area contributed by atoms with Crippen LogP contribution in [-0.2, 0) is 34.1 Å². The zero-order valence-corrected chi connectivity index (χ0v) is 27.9. The van der Waals surface area contributed by atoms with Crippen LogP contribution in [0.3, 0.4) is 0 Å². The van der Waals surface area contributed by atoms with Gasteiger partial charge in [-0.2, -0.15) is 0 Å². The average Bonchev–Trinajstić information content (AvgIpc) is 3.47. The molecule has 1 aliphatic rings. The summed E-state index contributed by atoms with van der Waals surface area (Å²) in [5.74, 6) is -1.55. The largest absolute Gasteiger partial charge is 0.490 e. The third-order valence-corrected chi connectivity index (χ3v) is 7.40. The van der Waals surface area contributed by atoms with Crippen LogP contribution >= 0.6 is 0 Å². The normalized spacial score (nSPS) is 11.2. The molecule has 0 fully saturated rings.